The number of aryl methyl sites for hydroxylation is 1. The standard InChI is InChI=1S/C18H16ClN3OS/c1-11-4-3-5-13(7-6-11)16-12(2)24-18(21-16)22-17(23)14-8-9-15(19)20-10-14/h3-4,6-10H,5H2,1-2H3,(H,21,22,23). The summed E-state index contributed by atoms with van der Waals surface area (Å²) < 4.78 is 0. The van der Waals surface area contributed by atoms with Crippen molar-refractivity contribution in [3.63, 3.8) is 0 Å². The van der Waals surface area contributed by atoms with Gasteiger partial charge in [-0.05, 0) is 38.0 Å². The Hall–Kier alpha value is -2.24. The third-order valence-corrected chi connectivity index (χ3v) is 4.69. The molecule has 1 amide bonds. The first-order valence-electron chi connectivity index (χ1n) is 7.47. The molecule has 24 heavy (non-hydrogen) atoms. The third kappa shape index (κ3) is 3.80. The minimum Gasteiger partial charge on any atom is -0.298 e. The van der Waals surface area contributed by atoms with E-state index in [9.17, 15) is 4.79 Å². The van der Waals surface area contributed by atoms with Crippen LogP contribution in [0, 0.1) is 6.92 Å². The summed E-state index contributed by atoms with van der Waals surface area (Å²) >= 11 is 7.21. The highest BCUT2D eigenvalue weighted by Gasteiger charge is 2.14. The van der Waals surface area contributed by atoms with Gasteiger partial charge in [0.2, 0.25) is 0 Å². The summed E-state index contributed by atoms with van der Waals surface area (Å²) in [5.41, 5.74) is 3.73. The van der Waals surface area contributed by atoms with Gasteiger partial charge in [0.05, 0.1) is 11.3 Å². The Bertz CT molecular complexity index is 863. The number of carbonyl (C=O) groups excluding carboxylic acids is 1. The molecule has 6 heteroatoms. The van der Waals surface area contributed by atoms with E-state index in [1.807, 2.05) is 6.92 Å². The van der Waals surface area contributed by atoms with E-state index >= 15 is 0 Å². The van der Waals surface area contributed by atoms with Crippen LogP contribution < -0.4 is 5.32 Å². The monoisotopic (exact) mass is 357 g/mol. The highest BCUT2D eigenvalue weighted by Crippen LogP contribution is 2.30. The number of amides is 1. The molecule has 0 unspecified atom stereocenters. The zero-order valence-electron chi connectivity index (χ0n) is 13.3. The number of thiazole rings is 1. The Morgan fingerprint density at radius 3 is 2.88 bits per heavy atom. The number of carbonyl (C=O) groups is 1. The third-order valence-electron chi connectivity index (χ3n) is 3.58. The Labute approximate surface area is 149 Å². The van der Waals surface area contributed by atoms with Crippen molar-refractivity contribution in [1.29, 1.82) is 0 Å². The fraction of sp³-hybridized carbons (Fsp3) is 0.167. The molecule has 1 aliphatic rings. The number of nitrogens with one attached hydrogen (secondary N) is 1. The second kappa shape index (κ2) is 7.11. The topological polar surface area (TPSA) is 54.9 Å². The normalized spacial score (nSPS) is 14.0. The van der Waals surface area contributed by atoms with Gasteiger partial charge in [-0.3, -0.25) is 10.1 Å². The molecular formula is C18H16ClN3OS. The molecule has 0 aliphatic heterocycles. The van der Waals surface area contributed by atoms with Gasteiger partial charge in [-0.2, -0.15) is 0 Å². The van der Waals surface area contributed by atoms with Crippen LogP contribution in [0.1, 0.15) is 34.3 Å². The minimum absolute atomic E-state index is 0.245. The lowest BCUT2D eigenvalue weighted by atomic mass is 10.1. The molecule has 0 spiro atoms. The molecule has 2 aromatic rings. The van der Waals surface area contributed by atoms with Crippen molar-refractivity contribution in [2.45, 2.75) is 20.3 Å². The molecule has 3 rings (SSSR count). The summed E-state index contributed by atoms with van der Waals surface area (Å²) in [6, 6.07) is 3.23. The Kier molecular flexibility index (Phi) is 4.92. The summed E-state index contributed by atoms with van der Waals surface area (Å²) in [7, 11) is 0. The number of hydrogen-bond donors (Lipinski definition) is 1. The Morgan fingerprint density at radius 1 is 1.29 bits per heavy atom. The first kappa shape index (κ1) is 16.6. The molecule has 1 aliphatic carbocycles. The number of aromatic nitrogens is 2. The van der Waals surface area contributed by atoms with Gasteiger partial charge in [-0.25, -0.2) is 9.97 Å². The summed E-state index contributed by atoms with van der Waals surface area (Å²) in [5, 5.41) is 3.77. The molecule has 0 radical (unpaired) electrons. The molecule has 122 valence electrons. The van der Waals surface area contributed by atoms with Crippen LogP contribution in [-0.4, -0.2) is 15.9 Å². The van der Waals surface area contributed by atoms with E-state index in [2.05, 4.69) is 46.5 Å². The Morgan fingerprint density at radius 2 is 2.12 bits per heavy atom. The number of pyridine rings is 1. The van der Waals surface area contributed by atoms with Crippen molar-refractivity contribution < 1.29 is 4.79 Å². The molecule has 0 fully saturated rings. The SMILES string of the molecule is CC1=CC=C(c2nc(NC(=O)c3ccc(Cl)nc3)sc2C)CC=C1. The number of allylic oxidation sites excluding steroid dienone is 6. The van der Waals surface area contributed by atoms with Crippen LogP contribution in [0.2, 0.25) is 5.15 Å². The van der Waals surface area contributed by atoms with Crippen molar-refractivity contribution in [3.8, 4) is 0 Å². The van der Waals surface area contributed by atoms with Crippen LogP contribution in [-0.2, 0) is 0 Å². The molecule has 0 saturated heterocycles. The van der Waals surface area contributed by atoms with Crippen LogP contribution in [0.5, 0.6) is 0 Å². The van der Waals surface area contributed by atoms with Gasteiger partial charge >= 0.3 is 0 Å². The lowest BCUT2D eigenvalue weighted by molar-refractivity contribution is 0.102. The van der Waals surface area contributed by atoms with Gasteiger partial charge in [-0.15, -0.1) is 11.3 Å². The van der Waals surface area contributed by atoms with E-state index in [-0.39, 0.29) is 5.91 Å². The second-order valence-electron chi connectivity index (χ2n) is 5.46. The van der Waals surface area contributed by atoms with E-state index in [1.54, 1.807) is 12.1 Å². The summed E-state index contributed by atoms with van der Waals surface area (Å²) in [6.45, 7) is 4.08. The molecule has 1 N–H and O–H groups in total. The maximum absolute atomic E-state index is 12.3. The quantitative estimate of drug-likeness (QED) is 0.783. The average Bonchev–Trinajstić information content (AvgIpc) is 2.77. The number of halogens is 1. The zero-order valence-corrected chi connectivity index (χ0v) is 14.9. The first-order chi connectivity index (χ1) is 11.5. The van der Waals surface area contributed by atoms with Crippen molar-refractivity contribution in [2.75, 3.05) is 5.32 Å². The summed E-state index contributed by atoms with van der Waals surface area (Å²) in [4.78, 5) is 21.8. The van der Waals surface area contributed by atoms with Crippen LogP contribution in [0.25, 0.3) is 5.57 Å². The van der Waals surface area contributed by atoms with Gasteiger partial charge in [-0.1, -0.05) is 41.5 Å². The van der Waals surface area contributed by atoms with Gasteiger partial charge in [0, 0.05) is 11.1 Å². The highest BCUT2D eigenvalue weighted by molar-refractivity contribution is 7.15. The average molecular weight is 358 g/mol. The van der Waals surface area contributed by atoms with Crippen LogP contribution in [0.3, 0.4) is 0 Å². The van der Waals surface area contributed by atoms with Crippen LogP contribution >= 0.6 is 22.9 Å². The predicted molar refractivity (Wildman–Crippen MR) is 99.5 cm³/mol. The highest BCUT2D eigenvalue weighted by atomic mass is 35.5. The fourth-order valence-electron chi connectivity index (χ4n) is 2.33. The lowest BCUT2D eigenvalue weighted by Crippen LogP contribution is -2.11. The molecule has 2 aromatic heterocycles. The number of rotatable bonds is 3. The zero-order chi connectivity index (χ0) is 17.1. The lowest BCUT2D eigenvalue weighted by Gasteiger charge is -2.02. The largest absolute Gasteiger partial charge is 0.298 e. The molecule has 0 bridgehead atoms. The van der Waals surface area contributed by atoms with Gasteiger partial charge < -0.3 is 0 Å². The second-order valence-corrected chi connectivity index (χ2v) is 7.05. The van der Waals surface area contributed by atoms with Crippen molar-refractivity contribution in [2.24, 2.45) is 0 Å². The number of nitrogens with zero attached hydrogens (tertiary/aromatic N) is 2. The van der Waals surface area contributed by atoms with E-state index in [0.717, 1.165) is 22.6 Å². The van der Waals surface area contributed by atoms with Gasteiger partial charge in [0.15, 0.2) is 5.13 Å². The van der Waals surface area contributed by atoms with Gasteiger partial charge in [0.25, 0.3) is 5.91 Å². The molecule has 2 heterocycles. The van der Waals surface area contributed by atoms with E-state index in [4.69, 9.17) is 11.6 Å². The van der Waals surface area contributed by atoms with E-state index in [0.29, 0.717) is 15.8 Å². The fourth-order valence-corrected chi connectivity index (χ4v) is 3.29. The molecule has 0 aromatic carbocycles. The molecular weight excluding hydrogens is 342 g/mol. The smallest absolute Gasteiger partial charge is 0.259 e. The van der Waals surface area contributed by atoms with Crippen LogP contribution in [0.4, 0.5) is 5.13 Å². The summed E-state index contributed by atoms with van der Waals surface area (Å²) in [5.74, 6) is -0.245. The van der Waals surface area contributed by atoms with Crippen molar-refractivity contribution in [1.82, 2.24) is 9.97 Å². The maximum Gasteiger partial charge on any atom is 0.259 e. The number of anilines is 1. The molecule has 4 nitrogen and oxygen atoms in total. The maximum atomic E-state index is 12.3. The molecule has 0 atom stereocenters. The van der Waals surface area contributed by atoms with E-state index in [1.165, 1.54) is 23.1 Å². The minimum atomic E-state index is -0.245. The molecule has 0 saturated carbocycles. The predicted octanol–water partition coefficient (Wildman–Crippen LogP) is 5.04. The number of hydrogen-bond acceptors (Lipinski definition) is 4. The Balaban J connectivity index is 1.80. The van der Waals surface area contributed by atoms with Crippen molar-refractivity contribution in [3.05, 3.63) is 69.5 Å². The van der Waals surface area contributed by atoms with Gasteiger partial charge in [0.1, 0.15) is 5.15 Å². The van der Waals surface area contributed by atoms with Crippen LogP contribution in [0.15, 0.2) is 48.2 Å². The van der Waals surface area contributed by atoms with Crippen molar-refractivity contribution >= 4 is 39.5 Å². The first-order valence-corrected chi connectivity index (χ1v) is 8.67. The summed E-state index contributed by atoms with van der Waals surface area (Å²) in [6.07, 6.45) is 10.7. The van der Waals surface area contributed by atoms with E-state index < -0.39 is 0 Å².